The van der Waals surface area contributed by atoms with Crippen molar-refractivity contribution < 1.29 is 18.7 Å². The zero-order valence-corrected chi connectivity index (χ0v) is 10.4. The van der Waals surface area contributed by atoms with E-state index in [1.165, 1.54) is 18.2 Å². The highest BCUT2D eigenvalue weighted by Crippen LogP contribution is 2.17. The van der Waals surface area contributed by atoms with Crippen molar-refractivity contribution in [2.45, 2.75) is 6.61 Å². The summed E-state index contributed by atoms with van der Waals surface area (Å²) in [4.78, 5) is 11.8. The number of para-hydroxylation sites is 1. The summed E-state index contributed by atoms with van der Waals surface area (Å²) in [6.07, 6.45) is 0. The van der Waals surface area contributed by atoms with Gasteiger partial charge in [-0.3, -0.25) is 0 Å². The first kappa shape index (κ1) is 13.2. The SMILES string of the molecule is COCc1ccc(C(=O)Oc2ccccc2F)cc1. The predicted octanol–water partition coefficient (Wildman–Crippen LogP) is 3.19. The van der Waals surface area contributed by atoms with Gasteiger partial charge >= 0.3 is 5.97 Å². The van der Waals surface area contributed by atoms with Gasteiger partial charge in [0.2, 0.25) is 0 Å². The Hall–Kier alpha value is -2.20. The van der Waals surface area contributed by atoms with Crippen molar-refractivity contribution in [3.63, 3.8) is 0 Å². The molecule has 0 atom stereocenters. The van der Waals surface area contributed by atoms with E-state index in [0.29, 0.717) is 12.2 Å². The Balaban J connectivity index is 2.10. The Bertz CT molecular complexity index is 564. The van der Waals surface area contributed by atoms with Gasteiger partial charge in [0.15, 0.2) is 11.6 Å². The molecule has 98 valence electrons. The first-order valence-corrected chi connectivity index (χ1v) is 5.75. The van der Waals surface area contributed by atoms with Crippen molar-refractivity contribution in [2.75, 3.05) is 7.11 Å². The summed E-state index contributed by atoms with van der Waals surface area (Å²) in [6, 6.07) is 12.6. The number of esters is 1. The third kappa shape index (κ3) is 3.39. The topological polar surface area (TPSA) is 35.5 Å². The van der Waals surface area contributed by atoms with Crippen LogP contribution in [0.25, 0.3) is 0 Å². The monoisotopic (exact) mass is 260 g/mol. The van der Waals surface area contributed by atoms with E-state index in [2.05, 4.69) is 0 Å². The van der Waals surface area contributed by atoms with E-state index in [-0.39, 0.29) is 5.75 Å². The number of methoxy groups -OCH3 is 1. The lowest BCUT2D eigenvalue weighted by molar-refractivity contribution is 0.0728. The maximum atomic E-state index is 13.3. The molecule has 0 unspecified atom stereocenters. The number of rotatable bonds is 4. The lowest BCUT2D eigenvalue weighted by atomic mass is 10.1. The van der Waals surface area contributed by atoms with Gasteiger partial charge in [0.1, 0.15) is 0 Å². The molecule has 0 aliphatic carbocycles. The van der Waals surface area contributed by atoms with Gasteiger partial charge in [0.05, 0.1) is 12.2 Å². The molecule has 0 bridgehead atoms. The molecule has 0 fully saturated rings. The summed E-state index contributed by atoms with van der Waals surface area (Å²) in [7, 11) is 1.60. The van der Waals surface area contributed by atoms with Crippen LogP contribution >= 0.6 is 0 Å². The molecule has 3 nitrogen and oxygen atoms in total. The average Bonchev–Trinajstić information content (AvgIpc) is 2.42. The molecule has 2 rings (SSSR count). The summed E-state index contributed by atoms with van der Waals surface area (Å²) in [5.41, 5.74) is 1.31. The van der Waals surface area contributed by atoms with Crippen LogP contribution < -0.4 is 4.74 Å². The Labute approximate surface area is 110 Å². The zero-order chi connectivity index (χ0) is 13.7. The highest BCUT2D eigenvalue weighted by atomic mass is 19.1. The van der Waals surface area contributed by atoms with Gasteiger partial charge in [-0.1, -0.05) is 24.3 Å². The van der Waals surface area contributed by atoms with Crippen LogP contribution in [0.3, 0.4) is 0 Å². The molecular formula is C15H13FO3. The van der Waals surface area contributed by atoms with Gasteiger partial charge in [-0.05, 0) is 29.8 Å². The molecule has 0 aliphatic rings. The summed E-state index contributed by atoms with van der Waals surface area (Å²) in [5, 5.41) is 0. The molecule has 0 radical (unpaired) electrons. The molecular weight excluding hydrogens is 247 g/mol. The lowest BCUT2D eigenvalue weighted by Gasteiger charge is -2.06. The number of carbonyl (C=O) groups is 1. The van der Waals surface area contributed by atoms with Crippen LogP contribution in [0, 0.1) is 5.82 Å². The molecule has 19 heavy (non-hydrogen) atoms. The number of ether oxygens (including phenoxy) is 2. The van der Waals surface area contributed by atoms with Gasteiger partial charge in [0.25, 0.3) is 0 Å². The number of hydrogen-bond donors (Lipinski definition) is 0. The number of halogens is 1. The molecule has 0 heterocycles. The minimum absolute atomic E-state index is 0.0755. The van der Waals surface area contributed by atoms with Crippen LogP contribution in [0.2, 0.25) is 0 Å². The van der Waals surface area contributed by atoms with Crippen LogP contribution in [-0.4, -0.2) is 13.1 Å². The smallest absolute Gasteiger partial charge is 0.343 e. The average molecular weight is 260 g/mol. The van der Waals surface area contributed by atoms with E-state index in [9.17, 15) is 9.18 Å². The fraction of sp³-hybridized carbons (Fsp3) is 0.133. The van der Waals surface area contributed by atoms with Crippen LogP contribution in [-0.2, 0) is 11.3 Å². The van der Waals surface area contributed by atoms with Crippen LogP contribution in [0.4, 0.5) is 4.39 Å². The minimum atomic E-state index is -0.589. The van der Waals surface area contributed by atoms with E-state index in [1.54, 1.807) is 37.4 Å². The summed E-state index contributed by atoms with van der Waals surface area (Å²) in [6.45, 7) is 0.475. The standard InChI is InChI=1S/C15H13FO3/c1-18-10-11-6-8-12(9-7-11)15(17)19-14-5-3-2-4-13(14)16/h2-9H,10H2,1H3. The molecule has 2 aromatic rings. The van der Waals surface area contributed by atoms with Crippen molar-refractivity contribution in [1.82, 2.24) is 0 Å². The Morgan fingerprint density at radius 2 is 1.79 bits per heavy atom. The van der Waals surface area contributed by atoms with Crippen molar-refractivity contribution in [1.29, 1.82) is 0 Å². The van der Waals surface area contributed by atoms with Gasteiger partial charge in [-0.2, -0.15) is 0 Å². The highest BCUT2D eigenvalue weighted by molar-refractivity contribution is 5.91. The summed E-state index contributed by atoms with van der Waals surface area (Å²) < 4.78 is 23.3. The Morgan fingerprint density at radius 1 is 1.11 bits per heavy atom. The van der Waals surface area contributed by atoms with Crippen molar-refractivity contribution in [2.24, 2.45) is 0 Å². The third-order valence-electron chi connectivity index (χ3n) is 2.54. The lowest BCUT2D eigenvalue weighted by Crippen LogP contribution is -2.09. The van der Waals surface area contributed by atoms with E-state index in [4.69, 9.17) is 9.47 Å². The van der Waals surface area contributed by atoms with Gasteiger partial charge in [0, 0.05) is 7.11 Å². The van der Waals surface area contributed by atoms with Gasteiger partial charge in [-0.15, -0.1) is 0 Å². The molecule has 0 N–H and O–H groups in total. The van der Waals surface area contributed by atoms with E-state index < -0.39 is 11.8 Å². The fourth-order valence-corrected chi connectivity index (χ4v) is 1.59. The molecule has 0 spiro atoms. The van der Waals surface area contributed by atoms with Gasteiger partial charge < -0.3 is 9.47 Å². The number of carbonyl (C=O) groups excluding carboxylic acids is 1. The molecule has 4 heteroatoms. The largest absolute Gasteiger partial charge is 0.420 e. The Morgan fingerprint density at radius 3 is 2.42 bits per heavy atom. The molecule has 0 saturated heterocycles. The first-order chi connectivity index (χ1) is 9.20. The van der Waals surface area contributed by atoms with Crippen LogP contribution in [0.5, 0.6) is 5.75 Å². The van der Waals surface area contributed by atoms with E-state index >= 15 is 0 Å². The summed E-state index contributed by atoms with van der Waals surface area (Å²) in [5.74, 6) is -1.23. The number of benzene rings is 2. The van der Waals surface area contributed by atoms with Crippen LogP contribution in [0.15, 0.2) is 48.5 Å². The Kier molecular flexibility index (Phi) is 4.26. The first-order valence-electron chi connectivity index (χ1n) is 5.75. The molecule has 0 saturated carbocycles. The van der Waals surface area contributed by atoms with Gasteiger partial charge in [-0.25, -0.2) is 9.18 Å². The minimum Gasteiger partial charge on any atom is -0.420 e. The quantitative estimate of drug-likeness (QED) is 0.625. The molecule has 0 amide bonds. The maximum Gasteiger partial charge on any atom is 0.343 e. The van der Waals surface area contributed by atoms with Crippen molar-refractivity contribution >= 4 is 5.97 Å². The van der Waals surface area contributed by atoms with E-state index in [1.807, 2.05) is 0 Å². The molecule has 0 aliphatic heterocycles. The second kappa shape index (κ2) is 6.11. The van der Waals surface area contributed by atoms with E-state index in [0.717, 1.165) is 5.56 Å². The molecule has 0 aromatic heterocycles. The molecule has 2 aromatic carbocycles. The van der Waals surface area contributed by atoms with Crippen LogP contribution in [0.1, 0.15) is 15.9 Å². The summed E-state index contributed by atoms with van der Waals surface area (Å²) >= 11 is 0. The fourth-order valence-electron chi connectivity index (χ4n) is 1.59. The normalized spacial score (nSPS) is 10.2. The third-order valence-corrected chi connectivity index (χ3v) is 2.54. The second-order valence-electron chi connectivity index (χ2n) is 3.95. The maximum absolute atomic E-state index is 13.3. The zero-order valence-electron chi connectivity index (χ0n) is 10.4. The number of hydrogen-bond acceptors (Lipinski definition) is 3. The predicted molar refractivity (Wildman–Crippen MR) is 68.5 cm³/mol. The van der Waals surface area contributed by atoms with Crippen molar-refractivity contribution in [3.05, 3.63) is 65.5 Å². The van der Waals surface area contributed by atoms with Crippen molar-refractivity contribution in [3.8, 4) is 5.75 Å². The highest BCUT2D eigenvalue weighted by Gasteiger charge is 2.11. The second-order valence-corrected chi connectivity index (χ2v) is 3.95.